The van der Waals surface area contributed by atoms with Crippen molar-refractivity contribution in [2.24, 2.45) is 0 Å². The summed E-state index contributed by atoms with van der Waals surface area (Å²) in [4.78, 5) is 13.8. The van der Waals surface area contributed by atoms with Gasteiger partial charge >= 0.3 is 0 Å². The molecule has 0 aliphatic carbocycles. The number of aromatic amines is 1. The first-order chi connectivity index (χ1) is 7.81. The third kappa shape index (κ3) is 2.38. The van der Waals surface area contributed by atoms with Crippen LogP contribution in [-0.2, 0) is 0 Å². The molecule has 0 saturated carbocycles. The van der Waals surface area contributed by atoms with Crippen molar-refractivity contribution in [2.45, 2.75) is 25.8 Å². The molecule has 88 valence electrons. The molecule has 2 rings (SSSR count). The summed E-state index contributed by atoms with van der Waals surface area (Å²) in [6, 6.07) is 0.412. The number of H-pyrrole nitrogens is 1. The molecule has 1 unspecified atom stereocenters. The van der Waals surface area contributed by atoms with E-state index < -0.39 is 0 Å². The number of hydrogen-bond donors (Lipinski definition) is 2. The predicted molar refractivity (Wildman–Crippen MR) is 59.0 cm³/mol. The molecular weight excluding hydrogens is 206 g/mol. The van der Waals surface area contributed by atoms with Crippen molar-refractivity contribution in [1.82, 2.24) is 25.6 Å². The summed E-state index contributed by atoms with van der Waals surface area (Å²) < 4.78 is 0. The Balaban J connectivity index is 1.96. The van der Waals surface area contributed by atoms with Crippen molar-refractivity contribution < 1.29 is 4.79 Å². The van der Waals surface area contributed by atoms with Crippen LogP contribution in [0.25, 0.3) is 0 Å². The van der Waals surface area contributed by atoms with Crippen molar-refractivity contribution >= 4 is 5.91 Å². The average Bonchev–Trinajstić information content (AvgIpc) is 2.82. The second-order valence-electron chi connectivity index (χ2n) is 4.00. The lowest BCUT2D eigenvalue weighted by molar-refractivity contribution is 0.0689. The molecule has 1 aliphatic heterocycles. The van der Waals surface area contributed by atoms with Gasteiger partial charge in [-0.15, -0.1) is 0 Å². The van der Waals surface area contributed by atoms with Crippen molar-refractivity contribution in [3.8, 4) is 0 Å². The number of likely N-dealkylation sites (N-methyl/N-ethyl adjacent to an activating group) is 1. The number of aromatic nitrogens is 3. The van der Waals surface area contributed by atoms with Crippen LogP contribution in [0.4, 0.5) is 0 Å². The Morgan fingerprint density at radius 3 is 3.31 bits per heavy atom. The largest absolute Gasteiger partial charge is 0.336 e. The van der Waals surface area contributed by atoms with Crippen molar-refractivity contribution in [2.75, 3.05) is 19.6 Å². The topological polar surface area (TPSA) is 73.9 Å². The number of nitrogens with one attached hydrogen (secondary N) is 2. The van der Waals surface area contributed by atoms with Crippen molar-refractivity contribution in [3.63, 3.8) is 0 Å². The number of hydrogen-bond acceptors (Lipinski definition) is 4. The molecule has 1 amide bonds. The van der Waals surface area contributed by atoms with Crippen LogP contribution in [-0.4, -0.2) is 51.9 Å². The number of amides is 1. The highest BCUT2D eigenvalue weighted by atomic mass is 16.2. The Labute approximate surface area is 94.4 Å². The van der Waals surface area contributed by atoms with E-state index in [0.29, 0.717) is 11.7 Å². The fraction of sp³-hybridized carbons (Fsp3) is 0.700. The quantitative estimate of drug-likeness (QED) is 0.757. The highest BCUT2D eigenvalue weighted by molar-refractivity contribution is 5.91. The van der Waals surface area contributed by atoms with Gasteiger partial charge in [0.25, 0.3) is 5.91 Å². The van der Waals surface area contributed by atoms with E-state index in [1.54, 1.807) is 0 Å². The van der Waals surface area contributed by atoms with Gasteiger partial charge in [-0.1, -0.05) is 6.92 Å². The number of rotatable bonds is 3. The van der Waals surface area contributed by atoms with Crippen LogP contribution < -0.4 is 5.32 Å². The minimum absolute atomic E-state index is 0.0312. The minimum Gasteiger partial charge on any atom is -0.336 e. The van der Waals surface area contributed by atoms with E-state index in [-0.39, 0.29) is 5.91 Å². The van der Waals surface area contributed by atoms with E-state index in [9.17, 15) is 4.79 Å². The van der Waals surface area contributed by atoms with Gasteiger partial charge in [0.2, 0.25) is 0 Å². The van der Waals surface area contributed by atoms with Gasteiger partial charge in [-0.25, -0.2) is 0 Å². The first-order valence-corrected chi connectivity index (χ1v) is 5.69. The lowest BCUT2D eigenvalue weighted by Crippen LogP contribution is -2.48. The molecule has 1 atom stereocenters. The summed E-state index contributed by atoms with van der Waals surface area (Å²) >= 11 is 0. The van der Waals surface area contributed by atoms with Crippen LogP contribution >= 0.6 is 0 Å². The highest BCUT2D eigenvalue weighted by Crippen LogP contribution is 2.12. The van der Waals surface area contributed by atoms with Crippen molar-refractivity contribution in [3.05, 3.63) is 11.9 Å². The normalized spacial score (nSPS) is 21.1. The van der Waals surface area contributed by atoms with Crippen LogP contribution in [0.15, 0.2) is 6.20 Å². The van der Waals surface area contributed by atoms with Gasteiger partial charge in [-0.3, -0.25) is 4.79 Å². The number of likely N-dealkylation sites (tertiary alicyclic amines) is 1. The lowest BCUT2D eigenvalue weighted by Gasteiger charge is -2.32. The zero-order valence-electron chi connectivity index (χ0n) is 9.44. The monoisotopic (exact) mass is 223 g/mol. The fourth-order valence-corrected chi connectivity index (χ4v) is 2.08. The van der Waals surface area contributed by atoms with Gasteiger partial charge in [-0.05, 0) is 19.4 Å². The van der Waals surface area contributed by atoms with Crippen LogP contribution in [0.2, 0.25) is 0 Å². The molecule has 0 bridgehead atoms. The maximum atomic E-state index is 12.0. The molecule has 1 aliphatic rings. The SMILES string of the molecule is CCNC1CCCN(C(=O)c2cn[nH]n2)C1. The standard InChI is InChI=1S/C10H17N5O/c1-2-11-8-4-3-5-15(7-8)10(16)9-6-12-14-13-9/h6,8,11H,2-5,7H2,1H3,(H,12,13,14). The van der Waals surface area contributed by atoms with Gasteiger partial charge in [0, 0.05) is 19.1 Å². The van der Waals surface area contributed by atoms with Crippen LogP contribution in [0.5, 0.6) is 0 Å². The van der Waals surface area contributed by atoms with Crippen LogP contribution in [0.3, 0.4) is 0 Å². The molecule has 2 N–H and O–H groups in total. The van der Waals surface area contributed by atoms with Gasteiger partial charge in [0.15, 0.2) is 5.69 Å². The Morgan fingerprint density at radius 1 is 1.75 bits per heavy atom. The molecule has 6 heteroatoms. The van der Waals surface area contributed by atoms with Crippen molar-refractivity contribution in [1.29, 1.82) is 0 Å². The highest BCUT2D eigenvalue weighted by Gasteiger charge is 2.24. The summed E-state index contributed by atoms with van der Waals surface area (Å²) in [6.45, 7) is 4.60. The Morgan fingerprint density at radius 2 is 2.62 bits per heavy atom. The Bertz CT molecular complexity index is 335. The second-order valence-corrected chi connectivity index (χ2v) is 4.00. The average molecular weight is 223 g/mol. The molecule has 16 heavy (non-hydrogen) atoms. The predicted octanol–water partition coefficient (Wildman–Crippen LogP) is 0.0188. The summed E-state index contributed by atoms with van der Waals surface area (Å²) in [5, 5.41) is 13.3. The summed E-state index contributed by atoms with van der Waals surface area (Å²) in [5.41, 5.74) is 0.400. The van der Waals surface area contributed by atoms with Gasteiger partial charge in [0.1, 0.15) is 0 Å². The molecule has 1 aromatic heterocycles. The van der Waals surface area contributed by atoms with Gasteiger partial charge in [0.05, 0.1) is 6.20 Å². The first kappa shape index (κ1) is 11.1. The third-order valence-corrected chi connectivity index (χ3v) is 2.84. The van der Waals surface area contributed by atoms with E-state index in [0.717, 1.165) is 32.5 Å². The van der Waals surface area contributed by atoms with Gasteiger partial charge < -0.3 is 10.2 Å². The maximum absolute atomic E-state index is 12.0. The van der Waals surface area contributed by atoms with Crippen LogP contribution in [0.1, 0.15) is 30.3 Å². The molecule has 2 heterocycles. The summed E-state index contributed by atoms with van der Waals surface area (Å²) in [7, 11) is 0. The molecule has 0 aromatic carbocycles. The molecular formula is C10H17N5O. The number of nitrogens with zero attached hydrogens (tertiary/aromatic N) is 3. The smallest absolute Gasteiger partial charge is 0.276 e. The first-order valence-electron chi connectivity index (χ1n) is 5.69. The third-order valence-electron chi connectivity index (χ3n) is 2.84. The van der Waals surface area contributed by atoms with E-state index in [2.05, 4.69) is 27.7 Å². The van der Waals surface area contributed by atoms with Crippen LogP contribution in [0, 0.1) is 0 Å². The van der Waals surface area contributed by atoms with E-state index in [4.69, 9.17) is 0 Å². The minimum atomic E-state index is -0.0312. The van der Waals surface area contributed by atoms with E-state index >= 15 is 0 Å². The Kier molecular flexibility index (Phi) is 3.51. The molecule has 0 spiro atoms. The molecule has 1 fully saturated rings. The number of piperidine rings is 1. The molecule has 1 aromatic rings. The number of carbonyl (C=O) groups excluding carboxylic acids is 1. The second kappa shape index (κ2) is 5.07. The molecule has 1 saturated heterocycles. The zero-order valence-corrected chi connectivity index (χ0v) is 9.44. The maximum Gasteiger partial charge on any atom is 0.276 e. The zero-order chi connectivity index (χ0) is 11.4. The van der Waals surface area contributed by atoms with E-state index in [1.807, 2.05) is 4.90 Å². The Hall–Kier alpha value is -1.43. The fourth-order valence-electron chi connectivity index (χ4n) is 2.08. The lowest BCUT2D eigenvalue weighted by atomic mass is 10.1. The number of carbonyl (C=O) groups is 1. The molecule has 6 nitrogen and oxygen atoms in total. The van der Waals surface area contributed by atoms with Gasteiger partial charge in [-0.2, -0.15) is 15.4 Å². The van der Waals surface area contributed by atoms with E-state index in [1.165, 1.54) is 6.20 Å². The summed E-state index contributed by atoms with van der Waals surface area (Å²) in [5.74, 6) is -0.0312. The molecule has 0 radical (unpaired) electrons. The summed E-state index contributed by atoms with van der Waals surface area (Å²) in [6.07, 6.45) is 3.65.